The molecule has 10 rings (SSSR count). The maximum atomic E-state index is 6.96. The Hall–Kier alpha value is -6.91. The van der Waals surface area contributed by atoms with Gasteiger partial charge in [0.15, 0.2) is 17.5 Å². The Kier molecular flexibility index (Phi) is 6.89. The van der Waals surface area contributed by atoms with E-state index in [9.17, 15) is 0 Å². The van der Waals surface area contributed by atoms with Crippen LogP contribution in [0.15, 0.2) is 163 Å². The minimum Gasteiger partial charge on any atom is -0.456 e. The van der Waals surface area contributed by atoms with Crippen molar-refractivity contribution in [3.8, 4) is 45.3 Å². The molecule has 1 atom stereocenters. The zero-order chi connectivity index (χ0) is 35.7. The number of aromatic nitrogens is 3. The third-order valence-electron chi connectivity index (χ3n) is 11.0. The quantitative estimate of drug-likeness (QED) is 0.175. The smallest absolute Gasteiger partial charge is 0.164 e. The van der Waals surface area contributed by atoms with E-state index >= 15 is 0 Å². The summed E-state index contributed by atoms with van der Waals surface area (Å²) >= 11 is 0. The molecule has 4 nitrogen and oxygen atoms in total. The third-order valence-corrected chi connectivity index (χ3v) is 11.0. The maximum absolute atomic E-state index is 6.96. The molecule has 0 fully saturated rings. The maximum Gasteiger partial charge on any atom is 0.164 e. The normalized spacial score (nSPS) is 14.7. The van der Waals surface area contributed by atoms with Crippen LogP contribution in [-0.4, -0.2) is 15.0 Å². The molecule has 0 saturated carbocycles. The van der Waals surface area contributed by atoms with Gasteiger partial charge in [-0.15, -0.1) is 0 Å². The highest BCUT2D eigenvalue weighted by atomic mass is 16.3. The van der Waals surface area contributed by atoms with Crippen molar-refractivity contribution in [2.45, 2.75) is 12.3 Å². The number of benzene rings is 7. The van der Waals surface area contributed by atoms with Crippen molar-refractivity contribution in [3.05, 3.63) is 187 Å². The highest BCUT2D eigenvalue weighted by Crippen LogP contribution is 2.55. The Morgan fingerprint density at radius 2 is 1.19 bits per heavy atom. The third kappa shape index (κ3) is 4.59. The summed E-state index contributed by atoms with van der Waals surface area (Å²) in [6.45, 7) is 10.5. The highest BCUT2D eigenvalue weighted by molar-refractivity contribution is 6.10. The molecule has 1 unspecified atom stereocenters. The number of hydrogen-bond acceptors (Lipinski definition) is 4. The summed E-state index contributed by atoms with van der Waals surface area (Å²) in [5, 5.41) is 4.25. The Bertz CT molecular complexity index is 2940. The molecule has 4 heteroatoms. The van der Waals surface area contributed by atoms with Crippen molar-refractivity contribution < 1.29 is 4.42 Å². The van der Waals surface area contributed by atoms with E-state index in [0.29, 0.717) is 17.5 Å². The second kappa shape index (κ2) is 11.8. The molecule has 0 spiro atoms. The van der Waals surface area contributed by atoms with Gasteiger partial charge < -0.3 is 4.42 Å². The minimum atomic E-state index is -0.384. The zero-order valence-corrected chi connectivity index (χ0v) is 29.2. The second-order valence-electron chi connectivity index (χ2n) is 13.8. The number of fused-ring (bicyclic) bond motifs is 8. The molecule has 53 heavy (non-hydrogen) atoms. The summed E-state index contributed by atoms with van der Waals surface area (Å²) in [5.74, 6) is 1.75. The average molecular weight is 680 g/mol. The second-order valence-corrected chi connectivity index (χ2v) is 13.8. The van der Waals surface area contributed by atoms with Crippen LogP contribution in [0.1, 0.15) is 34.7 Å². The summed E-state index contributed by atoms with van der Waals surface area (Å²) in [6, 6.07) is 50.7. The predicted octanol–water partition coefficient (Wildman–Crippen LogP) is 12.5. The van der Waals surface area contributed by atoms with Gasteiger partial charge >= 0.3 is 0 Å². The first-order chi connectivity index (χ1) is 26.1. The van der Waals surface area contributed by atoms with Gasteiger partial charge in [-0.2, -0.15) is 0 Å². The van der Waals surface area contributed by atoms with Crippen LogP contribution in [0.5, 0.6) is 0 Å². The largest absolute Gasteiger partial charge is 0.456 e. The van der Waals surface area contributed by atoms with Crippen molar-refractivity contribution in [2.24, 2.45) is 0 Å². The summed E-state index contributed by atoms with van der Waals surface area (Å²) in [5.41, 5.74) is 12.1. The minimum absolute atomic E-state index is 0.384. The van der Waals surface area contributed by atoms with E-state index in [4.69, 9.17) is 19.4 Å². The molecule has 0 N–H and O–H groups in total. The van der Waals surface area contributed by atoms with Crippen LogP contribution in [0.4, 0.5) is 0 Å². The fraction of sp³-hybridized carbons (Fsp3) is 0.0408. The first kappa shape index (κ1) is 30.9. The summed E-state index contributed by atoms with van der Waals surface area (Å²) < 4.78 is 6.96. The van der Waals surface area contributed by atoms with Crippen molar-refractivity contribution in [1.82, 2.24) is 15.0 Å². The standard InChI is InChI=1S/C49H33N3O/c1-4-30-28-41(36-21-13-12-20-35(36)34(30)5-2)48-51-46(31-16-8-6-9-17-31)50-47(52-48)32-24-25-38-40-27-26-39-37-22-14-15-23-42(37)49(3,33-18-10-7-11-19-33)44(39)45(40)53-43(38)29-32/h4-29H,1-2H2,3H3. The lowest BCUT2D eigenvalue weighted by molar-refractivity contribution is 0.640. The highest BCUT2D eigenvalue weighted by Gasteiger charge is 2.43. The topological polar surface area (TPSA) is 51.8 Å². The van der Waals surface area contributed by atoms with Crippen molar-refractivity contribution in [2.75, 3.05) is 0 Å². The van der Waals surface area contributed by atoms with E-state index in [1.807, 2.05) is 54.6 Å². The molecular weight excluding hydrogens is 647 g/mol. The van der Waals surface area contributed by atoms with Gasteiger partial charge in [-0.1, -0.05) is 147 Å². The molecule has 0 bridgehead atoms. The molecule has 1 aliphatic rings. The molecule has 250 valence electrons. The lowest BCUT2D eigenvalue weighted by Crippen LogP contribution is -2.22. The average Bonchev–Trinajstić information content (AvgIpc) is 3.73. The van der Waals surface area contributed by atoms with E-state index in [1.54, 1.807) is 0 Å². The van der Waals surface area contributed by atoms with Gasteiger partial charge in [-0.25, -0.2) is 15.0 Å². The van der Waals surface area contributed by atoms with Gasteiger partial charge in [0, 0.05) is 38.4 Å². The molecule has 9 aromatic rings. The van der Waals surface area contributed by atoms with Crippen molar-refractivity contribution in [1.29, 1.82) is 0 Å². The van der Waals surface area contributed by atoms with Gasteiger partial charge in [-0.05, 0) is 75.3 Å². The van der Waals surface area contributed by atoms with Crippen LogP contribution >= 0.6 is 0 Å². The lowest BCUT2D eigenvalue weighted by atomic mass is 9.74. The summed E-state index contributed by atoms with van der Waals surface area (Å²) in [6.07, 6.45) is 3.75. The van der Waals surface area contributed by atoms with Gasteiger partial charge in [-0.3, -0.25) is 0 Å². The molecule has 0 radical (unpaired) electrons. The van der Waals surface area contributed by atoms with Gasteiger partial charge in [0.05, 0.1) is 0 Å². The molecule has 1 aliphatic carbocycles. The van der Waals surface area contributed by atoms with Crippen LogP contribution in [0.2, 0.25) is 0 Å². The number of rotatable bonds is 6. The fourth-order valence-electron chi connectivity index (χ4n) is 8.40. The zero-order valence-electron chi connectivity index (χ0n) is 29.2. The van der Waals surface area contributed by atoms with Crippen molar-refractivity contribution in [3.63, 3.8) is 0 Å². The monoisotopic (exact) mass is 679 g/mol. The van der Waals surface area contributed by atoms with Crippen LogP contribution in [-0.2, 0) is 5.41 Å². The molecule has 0 aliphatic heterocycles. The van der Waals surface area contributed by atoms with E-state index in [0.717, 1.165) is 60.5 Å². The van der Waals surface area contributed by atoms with Gasteiger partial charge in [0.2, 0.25) is 0 Å². The first-order valence-corrected chi connectivity index (χ1v) is 17.8. The molecule has 0 saturated heterocycles. The lowest BCUT2D eigenvalue weighted by Gasteiger charge is -2.28. The molecule has 0 amide bonds. The van der Waals surface area contributed by atoms with Gasteiger partial charge in [0.1, 0.15) is 11.2 Å². The number of furan rings is 1. The van der Waals surface area contributed by atoms with Crippen LogP contribution in [0.25, 0.3) is 90.2 Å². The predicted molar refractivity (Wildman–Crippen MR) is 219 cm³/mol. The molecule has 2 aromatic heterocycles. The first-order valence-electron chi connectivity index (χ1n) is 17.8. The fourth-order valence-corrected chi connectivity index (χ4v) is 8.40. The van der Waals surface area contributed by atoms with E-state index in [1.165, 1.54) is 27.8 Å². The number of hydrogen-bond donors (Lipinski definition) is 0. The number of nitrogens with zero attached hydrogens (tertiary/aromatic N) is 3. The Morgan fingerprint density at radius 3 is 1.96 bits per heavy atom. The Balaban J connectivity index is 1.20. The van der Waals surface area contributed by atoms with Crippen LogP contribution < -0.4 is 0 Å². The van der Waals surface area contributed by atoms with Crippen LogP contribution in [0.3, 0.4) is 0 Å². The summed E-state index contributed by atoms with van der Waals surface area (Å²) in [7, 11) is 0. The van der Waals surface area contributed by atoms with E-state index < -0.39 is 0 Å². The molecule has 7 aromatic carbocycles. The molecule has 2 heterocycles. The SMILES string of the molecule is C=Cc1cc(-c2nc(-c3ccccc3)nc(-c3ccc4c(c3)oc3c5c(ccc34)-c3ccccc3C5(C)c3ccccc3)n2)c2ccccc2c1C=C. The molecular formula is C49H33N3O. The summed E-state index contributed by atoms with van der Waals surface area (Å²) in [4.78, 5) is 15.3. The Morgan fingerprint density at radius 1 is 0.528 bits per heavy atom. The Labute approximate surface area is 307 Å². The van der Waals surface area contributed by atoms with E-state index in [2.05, 4.69) is 123 Å². The van der Waals surface area contributed by atoms with E-state index in [-0.39, 0.29) is 5.41 Å². The van der Waals surface area contributed by atoms with Crippen molar-refractivity contribution >= 4 is 44.9 Å². The van der Waals surface area contributed by atoms with Crippen LogP contribution in [0, 0.1) is 0 Å². The van der Waals surface area contributed by atoms with Gasteiger partial charge in [0.25, 0.3) is 0 Å².